The number of aromatic nitrogens is 1. The highest BCUT2D eigenvalue weighted by atomic mass is 16.2. The molecule has 6 nitrogen and oxygen atoms in total. The molecule has 0 spiro atoms. The number of nitrogens with zero attached hydrogens (tertiary/aromatic N) is 2. The summed E-state index contributed by atoms with van der Waals surface area (Å²) in [6.07, 6.45) is 1.72. The number of fused-ring (bicyclic) bond motifs is 1. The second-order valence-electron chi connectivity index (χ2n) is 6.36. The predicted molar refractivity (Wildman–Crippen MR) is 104 cm³/mol. The van der Waals surface area contributed by atoms with Crippen LogP contribution in [0.15, 0.2) is 66.9 Å². The molecular formula is C21H18N4O2. The third-order valence-corrected chi connectivity index (χ3v) is 4.53. The Hall–Kier alpha value is -3.67. The number of primary amides is 1. The Morgan fingerprint density at radius 3 is 2.67 bits per heavy atom. The number of nitrogens with one attached hydrogen (secondary N) is 1. The molecule has 6 heteroatoms. The van der Waals surface area contributed by atoms with Crippen LogP contribution >= 0.6 is 0 Å². The highest BCUT2D eigenvalue weighted by molar-refractivity contribution is 6.02. The lowest BCUT2D eigenvalue weighted by molar-refractivity contribution is -0.117. The smallest absolute Gasteiger partial charge is 0.248 e. The van der Waals surface area contributed by atoms with Crippen molar-refractivity contribution < 1.29 is 9.59 Å². The molecule has 2 heterocycles. The summed E-state index contributed by atoms with van der Waals surface area (Å²) in [7, 11) is 0. The van der Waals surface area contributed by atoms with E-state index >= 15 is 0 Å². The second-order valence-corrected chi connectivity index (χ2v) is 6.36. The minimum Gasteiger partial charge on any atom is -0.366 e. The molecule has 3 aromatic rings. The molecule has 0 radical (unpaired) electrons. The highest BCUT2D eigenvalue weighted by Crippen LogP contribution is 2.33. The number of anilines is 2. The number of hydrogen-bond acceptors (Lipinski definition) is 4. The van der Waals surface area contributed by atoms with Gasteiger partial charge < -0.3 is 16.0 Å². The van der Waals surface area contributed by atoms with Gasteiger partial charge in [-0.25, -0.2) is 4.98 Å². The van der Waals surface area contributed by atoms with E-state index in [1.54, 1.807) is 29.3 Å². The Morgan fingerprint density at radius 1 is 1.07 bits per heavy atom. The zero-order valence-electron chi connectivity index (χ0n) is 14.6. The summed E-state index contributed by atoms with van der Waals surface area (Å²) in [5.41, 5.74) is 9.20. The molecule has 2 aromatic carbocycles. The van der Waals surface area contributed by atoms with E-state index in [0.717, 1.165) is 22.4 Å². The number of pyridine rings is 1. The van der Waals surface area contributed by atoms with Gasteiger partial charge in [-0.15, -0.1) is 0 Å². The van der Waals surface area contributed by atoms with Gasteiger partial charge in [0.2, 0.25) is 11.8 Å². The molecule has 0 bridgehead atoms. The number of carbonyl (C=O) groups excluding carboxylic acids is 2. The Labute approximate surface area is 156 Å². The van der Waals surface area contributed by atoms with Gasteiger partial charge in [-0.05, 0) is 29.3 Å². The molecule has 1 aliphatic rings. The van der Waals surface area contributed by atoms with Crippen molar-refractivity contribution in [2.24, 2.45) is 5.73 Å². The molecule has 4 rings (SSSR count). The maximum Gasteiger partial charge on any atom is 0.248 e. The third kappa shape index (κ3) is 3.37. The van der Waals surface area contributed by atoms with Crippen LogP contribution in [0, 0.1) is 0 Å². The van der Waals surface area contributed by atoms with E-state index in [0.29, 0.717) is 17.9 Å². The summed E-state index contributed by atoms with van der Waals surface area (Å²) in [6, 6.07) is 18.8. The lowest BCUT2D eigenvalue weighted by atomic mass is 10.0. The van der Waals surface area contributed by atoms with Crippen molar-refractivity contribution in [3.05, 3.63) is 78.0 Å². The van der Waals surface area contributed by atoms with E-state index in [-0.39, 0.29) is 12.5 Å². The first-order chi connectivity index (χ1) is 13.1. The van der Waals surface area contributed by atoms with Crippen LogP contribution in [-0.4, -0.2) is 23.3 Å². The van der Waals surface area contributed by atoms with Gasteiger partial charge in [0.05, 0.1) is 18.8 Å². The average molecular weight is 358 g/mol. The molecule has 0 atom stereocenters. The van der Waals surface area contributed by atoms with Crippen LogP contribution in [0.4, 0.5) is 11.5 Å². The minimum atomic E-state index is -0.481. The van der Waals surface area contributed by atoms with Crippen molar-refractivity contribution >= 4 is 23.3 Å². The quantitative estimate of drug-likeness (QED) is 0.751. The van der Waals surface area contributed by atoms with Crippen LogP contribution < -0.4 is 16.0 Å². The van der Waals surface area contributed by atoms with E-state index in [4.69, 9.17) is 5.73 Å². The summed E-state index contributed by atoms with van der Waals surface area (Å²) in [4.78, 5) is 30.2. The van der Waals surface area contributed by atoms with E-state index in [2.05, 4.69) is 10.3 Å². The molecule has 0 saturated carbocycles. The highest BCUT2D eigenvalue weighted by Gasteiger charge is 2.25. The number of nitrogens with two attached hydrogens (primary N) is 1. The van der Waals surface area contributed by atoms with Crippen molar-refractivity contribution in [3.63, 3.8) is 0 Å². The van der Waals surface area contributed by atoms with Gasteiger partial charge in [-0.1, -0.05) is 42.5 Å². The molecule has 3 N–H and O–H groups in total. The first kappa shape index (κ1) is 16.8. The average Bonchev–Trinajstić information content (AvgIpc) is 2.70. The van der Waals surface area contributed by atoms with Crippen LogP contribution in [0.5, 0.6) is 0 Å². The van der Waals surface area contributed by atoms with Crippen LogP contribution in [0.25, 0.3) is 11.1 Å². The molecule has 0 unspecified atom stereocenters. The van der Waals surface area contributed by atoms with Gasteiger partial charge in [0.1, 0.15) is 0 Å². The summed E-state index contributed by atoms with van der Waals surface area (Å²) in [5, 5.41) is 3.06. The number of amides is 2. The maximum absolute atomic E-state index is 12.5. The molecule has 134 valence electrons. The van der Waals surface area contributed by atoms with Crippen LogP contribution in [0.3, 0.4) is 0 Å². The number of carbonyl (C=O) groups is 2. The summed E-state index contributed by atoms with van der Waals surface area (Å²) < 4.78 is 0. The number of rotatable bonds is 4. The minimum absolute atomic E-state index is 0.0174. The zero-order chi connectivity index (χ0) is 18.8. The van der Waals surface area contributed by atoms with Crippen LogP contribution in [-0.2, 0) is 11.3 Å². The molecule has 2 amide bonds. The lowest BCUT2D eigenvalue weighted by Crippen LogP contribution is -2.39. The first-order valence-corrected chi connectivity index (χ1v) is 8.60. The molecular weight excluding hydrogens is 340 g/mol. The topological polar surface area (TPSA) is 88.3 Å². The Morgan fingerprint density at radius 2 is 1.89 bits per heavy atom. The van der Waals surface area contributed by atoms with Crippen molar-refractivity contribution in [2.75, 3.05) is 16.8 Å². The van der Waals surface area contributed by atoms with Crippen molar-refractivity contribution in [2.45, 2.75) is 6.54 Å². The van der Waals surface area contributed by atoms with Crippen molar-refractivity contribution in [1.82, 2.24) is 4.98 Å². The van der Waals surface area contributed by atoms with Gasteiger partial charge in [0.25, 0.3) is 0 Å². The van der Waals surface area contributed by atoms with E-state index < -0.39 is 5.91 Å². The Balaban J connectivity index is 1.74. The molecule has 1 aromatic heterocycles. The monoisotopic (exact) mass is 358 g/mol. The molecule has 0 fully saturated rings. The van der Waals surface area contributed by atoms with E-state index in [9.17, 15) is 9.59 Å². The van der Waals surface area contributed by atoms with Gasteiger partial charge >= 0.3 is 0 Å². The van der Waals surface area contributed by atoms with Crippen molar-refractivity contribution in [1.29, 1.82) is 0 Å². The number of benzene rings is 2. The first-order valence-electron chi connectivity index (χ1n) is 8.60. The molecule has 27 heavy (non-hydrogen) atoms. The van der Waals surface area contributed by atoms with Gasteiger partial charge in [0, 0.05) is 17.3 Å². The maximum atomic E-state index is 12.5. The Kier molecular flexibility index (Phi) is 4.30. The largest absolute Gasteiger partial charge is 0.366 e. The van der Waals surface area contributed by atoms with E-state index in [1.807, 2.05) is 42.5 Å². The van der Waals surface area contributed by atoms with Crippen LogP contribution in [0.1, 0.15) is 15.9 Å². The zero-order valence-corrected chi connectivity index (χ0v) is 14.6. The number of hydrogen-bond donors (Lipinski definition) is 2. The fourth-order valence-corrected chi connectivity index (χ4v) is 3.13. The van der Waals surface area contributed by atoms with Gasteiger partial charge in [0.15, 0.2) is 5.82 Å². The summed E-state index contributed by atoms with van der Waals surface area (Å²) in [5.74, 6) is 0.168. The standard InChI is InChI=1S/C21H18N4O2/c22-20(27)16-8-4-7-15(9-16)17-10-18-21(23-11-17)24-12-19(26)25(18)13-14-5-2-1-3-6-14/h1-11H,12-13H2,(H2,22,27)(H,23,24). The molecule has 0 aliphatic carbocycles. The third-order valence-electron chi connectivity index (χ3n) is 4.53. The summed E-state index contributed by atoms with van der Waals surface area (Å²) >= 11 is 0. The Bertz CT molecular complexity index is 1020. The van der Waals surface area contributed by atoms with Crippen LogP contribution in [0.2, 0.25) is 0 Å². The SMILES string of the molecule is NC(=O)c1cccc(-c2cnc3c(c2)N(Cc2ccccc2)C(=O)CN3)c1. The second kappa shape index (κ2) is 6.92. The molecule has 1 aliphatic heterocycles. The van der Waals surface area contributed by atoms with Crippen molar-refractivity contribution in [3.8, 4) is 11.1 Å². The van der Waals surface area contributed by atoms with Gasteiger partial charge in [-0.2, -0.15) is 0 Å². The predicted octanol–water partition coefficient (Wildman–Crippen LogP) is 2.81. The van der Waals surface area contributed by atoms with E-state index in [1.165, 1.54) is 0 Å². The lowest BCUT2D eigenvalue weighted by Gasteiger charge is -2.30. The van der Waals surface area contributed by atoms with Gasteiger partial charge in [-0.3, -0.25) is 9.59 Å². The fourth-order valence-electron chi connectivity index (χ4n) is 3.13. The summed E-state index contributed by atoms with van der Waals surface area (Å²) in [6.45, 7) is 0.685. The normalized spacial score (nSPS) is 13.0. The molecule has 0 saturated heterocycles. The fraction of sp³-hybridized carbons (Fsp3) is 0.0952.